The van der Waals surface area contributed by atoms with E-state index in [1.807, 2.05) is 11.3 Å². The summed E-state index contributed by atoms with van der Waals surface area (Å²) in [6.45, 7) is 0. The minimum absolute atomic E-state index is 0.879. The van der Waals surface area contributed by atoms with Crippen molar-refractivity contribution in [1.29, 1.82) is 0 Å². The fourth-order valence-electron chi connectivity index (χ4n) is 7.38. The normalized spacial score (nSPS) is 11.7. The van der Waals surface area contributed by atoms with Crippen LogP contribution >= 0.6 is 11.3 Å². The first-order valence-corrected chi connectivity index (χ1v) is 17.4. The first-order chi connectivity index (χ1) is 24.3. The molecular weight excluding hydrogens is 615 g/mol. The van der Waals surface area contributed by atoms with Gasteiger partial charge in [0.25, 0.3) is 0 Å². The lowest BCUT2D eigenvalue weighted by Gasteiger charge is -2.26. The highest BCUT2D eigenvalue weighted by atomic mass is 32.1. The van der Waals surface area contributed by atoms with E-state index in [-0.39, 0.29) is 0 Å². The maximum atomic E-state index is 7.15. The Bertz CT molecular complexity index is 2710. The number of para-hydroxylation sites is 1. The van der Waals surface area contributed by atoms with E-state index in [4.69, 9.17) is 4.42 Å². The van der Waals surface area contributed by atoms with Crippen molar-refractivity contribution in [2.45, 2.75) is 0 Å². The Morgan fingerprint density at radius 3 is 1.51 bits per heavy atom. The molecule has 0 aliphatic heterocycles. The quantitative estimate of drug-likeness (QED) is 0.186. The summed E-state index contributed by atoms with van der Waals surface area (Å²) in [4.78, 5) is 2.33. The number of nitrogens with zero attached hydrogens (tertiary/aromatic N) is 1. The molecule has 0 atom stereocenters. The van der Waals surface area contributed by atoms with Gasteiger partial charge in [0.2, 0.25) is 0 Å². The van der Waals surface area contributed by atoms with Gasteiger partial charge in [-0.05, 0) is 64.0 Å². The van der Waals surface area contributed by atoms with Gasteiger partial charge in [-0.25, -0.2) is 0 Å². The summed E-state index contributed by atoms with van der Waals surface area (Å²) in [6.07, 6.45) is 0. The SMILES string of the molecule is c1ccc(-c2ccc(N(c3ccc(-c4ccccc4)cc3)c3cccc4c3oc3c4c4ccccc4c4sc5ccccc5c34)cc2)cc1. The highest BCUT2D eigenvalue weighted by molar-refractivity contribution is 7.27. The van der Waals surface area contributed by atoms with Crippen molar-refractivity contribution >= 4 is 81.3 Å². The Kier molecular flexibility index (Phi) is 6.39. The molecule has 0 radical (unpaired) electrons. The molecule has 0 aliphatic rings. The van der Waals surface area contributed by atoms with E-state index >= 15 is 0 Å². The van der Waals surface area contributed by atoms with Gasteiger partial charge in [0, 0.05) is 47.7 Å². The molecule has 10 aromatic rings. The maximum absolute atomic E-state index is 7.15. The first kappa shape index (κ1) is 27.9. The van der Waals surface area contributed by atoms with Gasteiger partial charge in [0.15, 0.2) is 5.58 Å². The van der Waals surface area contributed by atoms with Crippen molar-refractivity contribution in [2.75, 3.05) is 4.90 Å². The molecule has 0 saturated carbocycles. The van der Waals surface area contributed by atoms with Crippen LogP contribution in [0.1, 0.15) is 0 Å². The zero-order chi connectivity index (χ0) is 32.3. The topological polar surface area (TPSA) is 16.4 Å². The molecule has 0 bridgehead atoms. The summed E-state index contributed by atoms with van der Waals surface area (Å²) in [5, 5.41) is 7.21. The molecule has 0 fully saturated rings. The fraction of sp³-hybridized carbons (Fsp3) is 0. The van der Waals surface area contributed by atoms with Gasteiger partial charge in [-0.15, -0.1) is 11.3 Å². The zero-order valence-electron chi connectivity index (χ0n) is 26.5. The van der Waals surface area contributed by atoms with Crippen molar-refractivity contribution in [2.24, 2.45) is 0 Å². The average Bonchev–Trinajstić information content (AvgIpc) is 3.76. The van der Waals surface area contributed by atoms with Gasteiger partial charge in [-0.1, -0.05) is 140 Å². The largest absolute Gasteiger partial charge is 0.453 e. The van der Waals surface area contributed by atoms with Crippen molar-refractivity contribution in [1.82, 2.24) is 0 Å². The third-order valence-electron chi connectivity index (χ3n) is 9.66. The Hall–Kier alpha value is -6.16. The molecule has 0 spiro atoms. The summed E-state index contributed by atoms with van der Waals surface area (Å²) < 4.78 is 9.69. The van der Waals surface area contributed by atoms with Crippen LogP contribution in [0.25, 0.3) is 75.1 Å². The van der Waals surface area contributed by atoms with Gasteiger partial charge in [-0.2, -0.15) is 0 Å². The number of furan rings is 1. The van der Waals surface area contributed by atoms with Gasteiger partial charge in [0.1, 0.15) is 5.58 Å². The number of fused-ring (bicyclic) bond motifs is 10. The molecule has 0 unspecified atom stereocenters. The van der Waals surface area contributed by atoms with Crippen molar-refractivity contribution in [3.8, 4) is 22.3 Å². The fourth-order valence-corrected chi connectivity index (χ4v) is 8.62. The van der Waals surface area contributed by atoms with E-state index in [0.29, 0.717) is 0 Å². The van der Waals surface area contributed by atoms with Gasteiger partial charge >= 0.3 is 0 Å². The minimum atomic E-state index is 0.879. The molecule has 8 aromatic carbocycles. The number of benzene rings is 8. The predicted octanol–water partition coefficient (Wildman–Crippen LogP) is 13.9. The molecule has 10 rings (SSSR count). The zero-order valence-corrected chi connectivity index (χ0v) is 27.3. The molecule has 0 saturated heterocycles. The second-order valence-electron chi connectivity index (χ2n) is 12.5. The van der Waals surface area contributed by atoms with E-state index in [2.05, 4.69) is 181 Å². The van der Waals surface area contributed by atoms with Crippen LogP contribution < -0.4 is 4.90 Å². The van der Waals surface area contributed by atoms with Crippen LogP contribution in [0.3, 0.4) is 0 Å². The Morgan fingerprint density at radius 2 is 0.878 bits per heavy atom. The molecule has 0 N–H and O–H groups in total. The van der Waals surface area contributed by atoms with E-state index in [1.165, 1.54) is 58.6 Å². The van der Waals surface area contributed by atoms with Crippen molar-refractivity contribution < 1.29 is 4.42 Å². The molecule has 0 aliphatic carbocycles. The molecule has 0 amide bonds. The van der Waals surface area contributed by atoms with Crippen LogP contribution in [0.5, 0.6) is 0 Å². The predicted molar refractivity (Wildman–Crippen MR) is 210 cm³/mol. The Morgan fingerprint density at radius 1 is 0.367 bits per heavy atom. The number of hydrogen-bond acceptors (Lipinski definition) is 3. The summed E-state index contributed by atoms with van der Waals surface area (Å²) >= 11 is 1.85. The summed E-state index contributed by atoms with van der Waals surface area (Å²) in [5.41, 5.74) is 9.74. The standard InChI is InChI=1S/C46H29NOS/c1-3-12-30(13-4-1)32-22-26-34(27-23-32)47(35-28-24-33(25-29-35)31-14-5-2-6-15-31)40-20-11-19-39-42-36-16-7-8-17-37(36)46-43(45(42)48-44(39)40)38-18-9-10-21-41(38)49-46/h1-29H. The van der Waals surface area contributed by atoms with Crippen LogP contribution in [0.15, 0.2) is 180 Å². The highest BCUT2D eigenvalue weighted by Crippen LogP contribution is 2.49. The Balaban J connectivity index is 1.24. The van der Waals surface area contributed by atoms with E-state index in [0.717, 1.165) is 33.6 Å². The number of rotatable bonds is 5. The lowest BCUT2D eigenvalue weighted by molar-refractivity contribution is 0.673. The molecular formula is C46H29NOS. The van der Waals surface area contributed by atoms with E-state index in [1.54, 1.807) is 0 Å². The summed E-state index contributed by atoms with van der Waals surface area (Å²) in [7, 11) is 0. The second kappa shape index (κ2) is 11.2. The lowest BCUT2D eigenvalue weighted by Crippen LogP contribution is -2.10. The van der Waals surface area contributed by atoms with Crippen LogP contribution in [-0.2, 0) is 0 Å². The van der Waals surface area contributed by atoms with Crippen molar-refractivity contribution in [3.63, 3.8) is 0 Å². The van der Waals surface area contributed by atoms with Gasteiger partial charge < -0.3 is 9.32 Å². The number of anilines is 3. The van der Waals surface area contributed by atoms with Crippen LogP contribution in [0, 0.1) is 0 Å². The average molecular weight is 644 g/mol. The third kappa shape index (κ3) is 4.47. The minimum Gasteiger partial charge on any atom is -0.453 e. The third-order valence-corrected chi connectivity index (χ3v) is 10.9. The second-order valence-corrected chi connectivity index (χ2v) is 13.5. The van der Waals surface area contributed by atoms with Gasteiger partial charge in [-0.3, -0.25) is 0 Å². The first-order valence-electron chi connectivity index (χ1n) is 16.6. The monoisotopic (exact) mass is 643 g/mol. The highest BCUT2D eigenvalue weighted by Gasteiger charge is 2.23. The molecule has 3 heteroatoms. The van der Waals surface area contributed by atoms with Crippen LogP contribution in [-0.4, -0.2) is 0 Å². The number of thiophene rings is 1. The van der Waals surface area contributed by atoms with E-state index < -0.39 is 0 Å². The van der Waals surface area contributed by atoms with Crippen LogP contribution in [0.2, 0.25) is 0 Å². The molecule has 230 valence electrons. The summed E-state index contributed by atoms with van der Waals surface area (Å²) in [6, 6.07) is 62.8. The maximum Gasteiger partial charge on any atom is 0.159 e. The lowest BCUT2D eigenvalue weighted by atomic mass is 9.99. The van der Waals surface area contributed by atoms with Crippen molar-refractivity contribution in [3.05, 3.63) is 176 Å². The van der Waals surface area contributed by atoms with E-state index in [9.17, 15) is 0 Å². The molecule has 49 heavy (non-hydrogen) atoms. The molecule has 2 aromatic heterocycles. The summed E-state index contributed by atoms with van der Waals surface area (Å²) in [5.74, 6) is 0. The molecule has 2 nitrogen and oxygen atoms in total. The smallest absolute Gasteiger partial charge is 0.159 e. The molecule has 2 heterocycles. The van der Waals surface area contributed by atoms with Gasteiger partial charge in [0.05, 0.1) is 5.69 Å². The van der Waals surface area contributed by atoms with Crippen LogP contribution in [0.4, 0.5) is 17.1 Å². The Labute approximate surface area is 287 Å². The number of hydrogen-bond donors (Lipinski definition) is 0.